The molecule has 148 valence electrons. The molecule has 6 nitrogen and oxygen atoms in total. The molecule has 1 aliphatic rings. The van der Waals surface area contributed by atoms with Gasteiger partial charge in [0.15, 0.2) is 0 Å². The maximum Gasteiger partial charge on any atom is 0.248 e. The number of nitrogens with zero attached hydrogens (tertiary/aromatic N) is 3. The Morgan fingerprint density at radius 3 is 2.75 bits per heavy atom. The molecule has 2 amide bonds. The van der Waals surface area contributed by atoms with E-state index in [9.17, 15) is 14.7 Å². The van der Waals surface area contributed by atoms with Crippen molar-refractivity contribution in [1.82, 2.24) is 14.8 Å². The van der Waals surface area contributed by atoms with E-state index in [2.05, 4.69) is 4.98 Å². The van der Waals surface area contributed by atoms with E-state index >= 15 is 0 Å². The smallest absolute Gasteiger partial charge is 0.248 e. The molecule has 28 heavy (non-hydrogen) atoms. The molecule has 0 spiro atoms. The molecule has 1 aromatic heterocycles. The zero-order valence-corrected chi connectivity index (χ0v) is 16.3. The summed E-state index contributed by atoms with van der Waals surface area (Å²) in [4.78, 5) is 32.9. The highest BCUT2D eigenvalue weighted by atomic mass is 16.3. The Hall–Kier alpha value is -2.73. The molecule has 1 aromatic carbocycles. The number of aliphatic hydroxyl groups excluding tert-OH is 1. The number of carbonyl (C=O) groups excluding carboxylic acids is 2. The van der Waals surface area contributed by atoms with Crippen molar-refractivity contribution in [1.29, 1.82) is 0 Å². The molecule has 0 radical (unpaired) electrons. The Bertz CT molecular complexity index is 810. The van der Waals surface area contributed by atoms with Gasteiger partial charge >= 0.3 is 0 Å². The molecule has 0 saturated carbocycles. The normalized spacial score (nSPS) is 17.5. The van der Waals surface area contributed by atoms with Crippen LogP contribution in [0.5, 0.6) is 0 Å². The molecule has 0 bridgehead atoms. The van der Waals surface area contributed by atoms with Crippen molar-refractivity contribution in [3.05, 3.63) is 54.4 Å². The van der Waals surface area contributed by atoms with E-state index in [4.69, 9.17) is 0 Å². The molecule has 1 N–H and O–H groups in total. The van der Waals surface area contributed by atoms with Gasteiger partial charge in [-0.2, -0.15) is 0 Å². The number of pyridine rings is 1. The molecule has 3 rings (SSSR count). The summed E-state index contributed by atoms with van der Waals surface area (Å²) in [6, 6.07) is 11.9. The van der Waals surface area contributed by atoms with Crippen LogP contribution < -0.4 is 0 Å². The SMILES string of the molecule is CCCN1CCN(C(=O)CO)C[C@H](Cc2ccccc2-c2cccnc2)C1=O. The highest BCUT2D eigenvalue weighted by molar-refractivity contribution is 5.83. The van der Waals surface area contributed by atoms with E-state index in [0.717, 1.165) is 23.1 Å². The summed E-state index contributed by atoms with van der Waals surface area (Å²) in [5, 5.41) is 9.29. The number of carbonyl (C=O) groups is 2. The first-order chi connectivity index (χ1) is 13.6. The van der Waals surface area contributed by atoms with Crippen LogP contribution in [0.15, 0.2) is 48.8 Å². The zero-order chi connectivity index (χ0) is 19.9. The largest absolute Gasteiger partial charge is 0.387 e. The molecule has 0 aliphatic carbocycles. The van der Waals surface area contributed by atoms with E-state index < -0.39 is 6.61 Å². The lowest BCUT2D eigenvalue weighted by Gasteiger charge is -2.24. The van der Waals surface area contributed by atoms with E-state index in [1.54, 1.807) is 11.1 Å². The quantitative estimate of drug-likeness (QED) is 0.830. The first kappa shape index (κ1) is 20.0. The molecule has 2 aromatic rings. The molecule has 1 fully saturated rings. The second-order valence-electron chi connectivity index (χ2n) is 7.12. The molecule has 1 aliphatic heterocycles. The Labute approximate surface area is 165 Å². The van der Waals surface area contributed by atoms with Gasteiger partial charge in [-0.15, -0.1) is 0 Å². The van der Waals surface area contributed by atoms with Crippen molar-refractivity contribution in [3.8, 4) is 11.1 Å². The van der Waals surface area contributed by atoms with E-state index in [0.29, 0.717) is 32.6 Å². The lowest BCUT2D eigenvalue weighted by molar-refractivity contribution is -0.135. The average molecular weight is 381 g/mol. The Kier molecular flexibility index (Phi) is 6.76. The standard InChI is InChI=1S/C22H27N3O3/c1-2-10-24-11-12-25(21(27)16-26)15-19(22(24)28)13-17-6-3-4-8-20(17)18-7-5-9-23-14-18/h3-9,14,19,26H,2,10-13,15-16H2,1H3/t19-/m0/s1. The van der Waals surface area contributed by atoms with Gasteiger partial charge in [-0.3, -0.25) is 14.6 Å². The summed E-state index contributed by atoms with van der Waals surface area (Å²) in [5.74, 6) is -0.574. The zero-order valence-electron chi connectivity index (χ0n) is 16.3. The molecule has 1 atom stereocenters. The van der Waals surface area contributed by atoms with Gasteiger partial charge < -0.3 is 14.9 Å². The first-order valence-electron chi connectivity index (χ1n) is 9.79. The van der Waals surface area contributed by atoms with E-state index in [1.807, 2.05) is 54.4 Å². The third-order valence-corrected chi connectivity index (χ3v) is 5.18. The predicted octanol–water partition coefficient (Wildman–Crippen LogP) is 1.98. The van der Waals surface area contributed by atoms with Crippen LogP contribution in [0.4, 0.5) is 0 Å². The maximum atomic E-state index is 13.2. The van der Waals surface area contributed by atoms with Crippen LogP contribution in [0.25, 0.3) is 11.1 Å². The van der Waals surface area contributed by atoms with Crippen LogP contribution in [0, 0.1) is 5.92 Å². The minimum Gasteiger partial charge on any atom is -0.387 e. The van der Waals surface area contributed by atoms with Gasteiger partial charge in [-0.1, -0.05) is 37.3 Å². The van der Waals surface area contributed by atoms with E-state index in [1.165, 1.54) is 0 Å². The van der Waals surface area contributed by atoms with Crippen LogP contribution >= 0.6 is 0 Å². The van der Waals surface area contributed by atoms with Gasteiger partial charge in [0, 0.05) is 44.1 Å². The number of amides is 2. The molecule has 0 unspecified atom stereocenters. The van der Waals surface area contributed by atoms with Gasteiger partial charge in [-0.05, 0) is 30.0 Å². The predicted molar refractivity (Wildman–Crippen MR) is 107 cm³/mol. The number of rotatable bonds is 6. The second-order valence-corrected chi connectivity index (χ2v) is 7.12. The highest BCUT2D eigenvalue weighted by Gasteiger charge is 2.32. The van der Waals surface area contributed by atoms with Gasteiger partial charge in [0.1, 0.15) is 6.61 Å². The second kappa shape index (κ2) is 9.46. The number of aliphatic hydroxyl groups is 1. The number of hydrogen-bond acceptors (Lipinski definition) is 4. The molecule has 1 saturated heterocycles. The summed E-state index contributed by atoms with van der Waals surface area (Å²) in [6.45, 7) is 3.51. The highest BCUT2D eigenvalue weighted by Crippen LogP contribution is 2.26. The van der Waals surface area contributed by atoms with Crippen LogP contribution in [0.1, 0.15) is 18.9 Å². The molecular weight excluding hydrogens is 354 g/mol. The topological polar surface area (TPSA) is 73.7 Å². The summed E-state index contributed by atoms with van der Waals surface area (Å²) < 4.78 is 0. The lowest BCUT2D eigenvalue weighted by atomic mass is 9.91. The Morgan fingerprint density at radius 2 is 2.04 bits per heavy atom. The summed E-state index contributed by atoms with van der Waals surface area (Å²) >= 11 is 0. The summed E-state index contributed by atoms with van der Waals surface area (Å²) in [6.07, 6.45) is 4.97. The monoisotopic (exact) mass is 381 g/mol. The van der Waals surface area contributed by atoms with Crippen molar-refractivity contribution in [2.45, 2.75) is 19.8 Å². The van der Waals surface area contributed by atoms with Gasteiger partial charge in [0.25, 0.3) is 0 Å². The number of aromatic nitrogens is 1. The average Bonchev–Trinajstić information content (AvgIpc) is 2.89. The fourth-order valence-corrected chi connectivity index (χ4v) is 3.78. The van der Waals surface area contributed by atoms with Gasteiger partial charge in [0.2, 0.25) is 11.8 Å². The molecule has 6 heteroatoms. The number of hydrogen-bond donors (Lipinski definition) is 1. The fourth-order valence-electron chi connectivity index (χ4n) is 3.78. The van der Waals surface area contributed by atoms with Gasteiger partial charge in [-0.25, -0.2) is 0 Å². The van der Waals surface area contributed by atoms with Crippen LogP contribution in [0.2, 0.25) is 0 Å². The van der Waals surface area contributed by atoms with E-state index in [-0.39, 0.29) is 17.7 Å². The number of benzene rings is 1. The third-order valence-electron chi connectivity index (χ3n) is 5.18. The third kappa shape index (κ3) is 4.57. The molecule has 2 heterocycles. The summed E-state index contributed by atoms with van der Waals surface area (Å²) in [5.41, 5.74) is 3.12. The van der Waals surface area contributed by atoms with Crippen LogP contribution in [-0.4, -0.2) is 64.5 Å². The minimum atomic E-state index is -0.527. The van der Waals surface area contributed by atoms with Crippen LogP contribution in [-0.2, 0) is 16.0 Å². The minimum absolute atomic E-state index is 0.0797. The van der Waals surface area contributed by atoms with Crippen molar-refractivity contribution < 1.29 is 14.7 Å². The Balaban J connectivity index is 1.90. The van der Waals surface area contributed by atoms with Gasteiger partial charge in [0.05, 0.1) is 5.92 Å². The Morgan fingerprint density at radius 1 is 1.21 bits per heavy atom. The fraction of sp³-hybridized carbons (Fsp3) is 0.409. The summed E-state index contributed by atoms with van der Waals surface area (Å²) in [7, 11) is 0. The first-order valence-corrected chi connectivity index (χ1v) is 9.79. The van der Waals surface area contributed by atoms with Crippen molar-refractivity contribution in [3.63, 3.8) is 0 Å². The van der Waals surface area contributed by atoms with Crippen molar-refractivity contribution in [2.24, 2.45) is 5.92 Å². The maximum absolute atomic E-state index is 13.2. The molecular formula is C22H27N3O3. The van der Waals surface area contributed by atoms with Crippen LogP contribution in [0.3, 0.4) is 0 Å². The lowest BCUT2D eigenvalue weighted by Crippen LogP contribution is -2.39. The van der Waals surface area contributed by atoms with Crippen molar-refractivity contribution >= 4 is 11.8 Å². The van der Waals surface area contributed by atoms with Crippen molar-refractivity contribution in [2.75, 3.05) is 32.8 Å².